The number of imidazole rings is 1. The molecule has 1 aliphatic carbocycles. The standard InChI is InChI=1S/C11H16BrN3O/c1-6-11(16)14(2)5-8-9(12)13-10(15(6)8)7-3-4-7/h6-7,11,16H,3-5H2,1-2H3. The highest BCUT2D eigenvalue weighted by molar-refractivity contribution is 9.10. The molecule has 1 aliphatic heterocycles. The molecule has 1 aromatic rings. The molecule has 4 nitrogen and oxygen atoms in total. The average Bonchev–Trinajstić information content (AvgIpc) is 3.02. The van der Waals surface area contributed by atoms with E-state index in [4.69, 9.17) is 0 Å². The number of hydrogen-bond acceptors (Lipinski definition) is 3. The van der Waals surface area contributed by atoms with Crippen LogP contribution in [0.4, 0.5) is 0 Å². The molecule has 1 fully saturated rings. The lowest BCUT2D eigenvalue weighted by molar-refractivity contribution is -0.0380. The summed E-state index contributed by atoms with van der Waals surface area (Å²) in [5.41, 5.74) is 1.20. The zero-order chi connectivity index (χ0) is 11.4. The number of nitrogens with zero attached hydrogens (tertiary/aromatic N) is 3. The van der Waals surface area contributed by atoms with Crippen LogP contribution in [0.2, 0.25) is 0 Å². The van der Waals surface area contributed by atoms with Gasteiger partial charge < -0.3 is 9.67 Å². The quantitative estimate of drug-likeness (QED) is 0.856. The van der Waals surface area contributed by atoms with Crippen molar-refractivity contribution < 1.29 is 5.11 Å². The van der Waals surface area contributed by atoms with Crippen molar-refractivity contribution >= 4 is 15.9 Å². The van der Waals surface area contributed by atoms with E-state index in [0.717, 1.165) is 17.0 Å². The van der Waals surface area contributed by atoms with Gasteiger partial charge in [0.25, 0.3) is 0 Å². The summed E-state index contributed by atoms with van der Waals surface area (Å²) in [5, 5.41) is 10.1. The van der Waals surface area contributed by atoms with Crippen molar-refractivity contribution in [1.82, 2.24) is 14.5 Å². The van der Waals surface area contributed by atoms with Crippen LogP contribution in [0.5, 0.6) is 0 Å². The second-order valence-electron chi connectivity index (χ2n) is 4.92. The number of halogens is 1. The van der Waals surface area contributed by atoms with Crippen molar-refractivity contribution in [3.63, 3.8) is 0 Å². The van der Waals surface area contributed by atoms with E-state index in [2.05, 4.69) is 32.4 Å². The van der Waals surface area contributed by atoms with Gasteiger partial charge in [0, 0.05) is 12.5 Å². The Kier molecular flexibility index (Phi) is 2.38. The molecule has 1 aromatic heterocycles. The molecule has 0 saturated heterocycles. The van der Waals surface area contributed by atoms with Crippen molar-refractivity contribution in [3.8, 4) is 0 Å². The fraction of sp³-hybridized carbons (Fsp3) is 0.727. The van der Waals surface area contributed by atoms with Gasteiger partial charge in [-0.05, 0) is 42.7 Å². The van der Waals surface area contributed by atoms with Gasteiger partial charge in [-0.2, -0.15) is 0 Å². The number of likely N-dealkylation sites (N-methyl/N-ethyl adjacent to an activating group) is 1. The third-order valence-corrected chi connectivity index (χ3v) is 4.26. The summed E-state index contributed by atoms with van der Waals surface area (Å²) in [4.78, 5) is 6.58. The lowest BCUT2D eigenvalue weighted by Gasteiger charge is -2.36. The minimum absolute atomic E-state index is 0.0862. The van der Waals surface area contributed by atoms with Crippen molar-refractivity contribution in [3.05, 3.63) is 16.1 Å². The number of rotatable bonds is 1. The molecule has 16 heavy (non-hydrogen) atoms. The molecular formula is C11H16BrN3O. The minimum atomic E-state index is -0.411. The van der Waals surface area contributed by atoms with Gasteiger partial charge in [0.05, 0.1) is 11.7 Å². The third-order valence-electron chi connectivity index (χ3n) is 3.62. The second kappa shape index (κ2) is 3.55. The predicted molar refractivity (Wildman–Crippen MR) is 64.1 cm³/mol. The molecule has 2 heterocycles. The fourth-order valence-electron chi connectivity index (χ4n) is 2.51. The highest BCUT2D eigenvalue weighted by Gasteiger charge is 2.37. The Morgan fingerprint density at radius 2 is 2.12 bits per heavy atom. The van der Waals surface area contributed by atoms with E-state index >= 15 is 0 Å². The summed E-state index contributed by atoms with van der Waals surface area (Å²) in [5.74, 6) is 1.77. The summed E-state index contributed by atoms with van der Waals surface area (Å²) >= 11 is 3.53. The van der Waals surface area contributed by atoms with Gasteiger partial charge >= 0.3 is 0 Å². The summed E-state index contributed by atoms with van der Waals surface area (Å²) in [6.45, 7) is 2.82. The van der Waals surface area contributed by atoms with Crippen LogP contribution >= 0.6 is 15.9 Å². The van der Waals surface area contributed by atoms with Gasteiger partial charge in [-0.25, -0.2) is 4.98 Å². The van der Waals surface area contributed by atoms with Crippen LogP contribution in [0, 0.1) is 0 Å². The van der Waals surface area contributed by atoms with E-state index in [0.29, 0.717) is 5.92 Å². The SMILES string of the molecule is CC1C(O)N(C)Cc2c(Br)nc(C3CC3)n21. The molecule has 1 N–H and O–H groups in total. The fourth-order valence-corrected chi connectivity index (χ4v) is 3.01. The molecule has 0 radical (unpaired) electrons. The minimum Gasteiger partial charge on any atom is -0.376 e. The molecule has 0 bridgehead atoms. The van der Waals surface area contributed by atoms with E-state index in [-0.39, 0.29) is 6.04 Å². The van der Waals surface area contributed by atoms with Gasteiger partial charge in [0.1, 0.15) is 16.7 Å². The van der Waals surface area contributed by atoms with Gasteiger partial charge in [-0.3, -0.25) is 4.90 Å². The van der Waals surface area contributed by atoms with Gasteiger partial charge in [0.15, 0.2) is 0 Å². The van der Waals surface area contributed by atoms with E-state index < -0.39 is 6.23 Å². The maximum atomic E-state index is 10.1. The average molecular weight is 286 g/mol. The molecule has 5 heteroatoms. The zero-order valence-corrected chi connectivity index (χ0v) is 11.1. The van der Waals surface area contributed by atoms with Crippen LogP contribution in [0.25, 0.3) is 0 Å². The first-order chi connectivity index (χ1) is 7.59. The Hall–Kier alpha value is -0.390. The van der Waals surface area contributed by atoms with Crippen LogP contribution in [0.15, 0.2) is 4.60 Å². The maximum Gasteiger partial charge on any atom is 0.129 e. The maximum absolute atomic E-state index is 10.1. The molecule has 0 aromatic carbocycles. The summed E-state index contributed by atoms with van der Waals surface area (Å²) in [6.07, 6.45) is 2.06. The molecule has 1 saturated carbocycles. The summed E-state index contributed by atoms with van der Waals surface area (Å²) in [6, 6.07) is 0.0862. The monoisotopic (exact) mass is 285 g/mol. The van der Waals surface area contributed by atoms with E-state index in [1.54, 1.807) is 0 Å². The van der Waals surface area contributed by atoms with Gasteiger partial charge in [-0.15, -0.1) is 0 Å². The van der Waals surface area contributed by atoms with Crippen molar-refractivity contribution in [2.75, 3.05) is 7.05 Å². The van der Waals surface area contributed by atoms with Crippen LogP contribution in [0.1, 0.15) is 43.2 Å². The molecule has 88 valence electrons. The topological polar surface area (TPSA) is 41.3 Å². The number of aliphatic hydroxyl groups is 1. The molecular weight excluding hydrogens is 270 g/mol. The molecule has 2 atom stereocenters. The lowest BCUT2D eigenvalue weighted by Crippen LogP contribution is -2.43. The predicted octanol–water partition coefficient (Wildman–Crippen LogP) is 1.85. The van der Waals surface area contributed by atoms with Gasteiger partial charge in [0.2, 0.25) is 0 Å². The highest BCUT2D eigenvalue weighted by atomic mass is 79.9. The van der Waals surface area contributed by atoms with Crippen LogP contribution < -0.4 is 0 Å². The molecule has 3 rings (SSSR count). The first-order valence-electron chi connectivity index (χ1n) is 5.74. The second-order valence-corrected chi connectivity index (χ2v) is 5.67. The lowest BCUT2D eigenvalue weighted by atomic mass is 10.2. The first-order valence-corrected chi connectivity index (χ1v) is 6.53. The third kappa shape index (κ3) is 1.45. The number of hydrogen-bond donors (Lipinski definition) is 1. The molecule has 2 aliphatic rings. The van der Waals surface area contributed by atoms with Crippen LogP contribution in [-0.4, -0.2) is 32.8 Å². The van der Waals surface area contributed by atoms with E-state index in [9.17, 15) is 5.11 Å². The van der Waals surface area contributed by atoms with Crippen molar-refractivity contribution in [1.29, 1.82) is 0 Å². The Balaban J connectivity index is 2.10. The van der Waals surface area contributed by atoms with E-state index in [1.807, 2.05) is 11.9 Å². The Bertz CT molecular complexity index is 427. The molecule has 0 spiro atoms. The van der Waals surface area contributed by atoms with Crippen molar-refractivity contribution in [2.24, 2.45) is 0 Å². The summed E-state index contributed by atoms with van der Waals surface area (Å²) < 4.78 is 3.17. The highest BCUT2D eigenvalue weighted by Crippen LogP contribution is 2.43. The smallest absolute Gasteiger partial charge is 0.129 e. The van der Waals surface area contributed by atoms with Gasteiger partial charge in [-0.1, -0.05) is 0 Å². The Morgan fingerprint density at radius 3 is 2.75 bits per heavy atom. The molecule has 2 unspecified atom stereocenters. The van der Waals surface area contributed by atoms with Crippen LogP contribution in [-0.2, 0) is 6.54 Å². The number of aliphatic hydroxyl groups excluding tert-OH is 1. The molecule has 0 amide bonds. The van der Waals surface area contributed by atoms with E-state index in [1.165, 1.54) is 18.5 Å². The first kappa shape index (κ1) is 10.7. The van der Waals surface area contributed by atoms with Crippen molar-refractivity contribution in [2.45, 2.75) is 44.5 Å². The Morgan fingerprint density at radius 1 is 1.44 bits per heavy atom. The Labute approximate surface area is 103 Å². The largest absolute Gasteiger partial charge is 0.376 e. The zero-order valence-electron chi connectivity index (χ0n) is 9.52. The number of aromatic nitrogens is 2. The van der Waals surface area contributed by atoms with Crippen LogP contribution in [0.3, 0.4) is 0 Å². The summed E-state index contributed by atoms with van der Waals surface area (Å²) in [7, 11) is 1.95. The normalized spacial score (nSPS) is 30.5. The number of fused-ring (bicyclic) bond motifs is 1.